The number of ether oxygens (including phenoxy) is 3. The fourth-order valence-corrected chi connectivity index (χ4v) is 3.28. The van der Waals surface area contributed by atoms with Gasteiger partial charge in [0.2, 0.25) is 11.7 Å². The Bertz CT molecular complexity index is 701. The summed E-state index contributed by atoms with van der Waals surface area (Å²) in [6.07, 6.45) is 0.852. The molecule has 1 aromatic rings. The zero-order chi connectivity index (χ0) is 20.8. The Balaban J connectivity index is 2.11. The Labute approximate surface area is 166 Å². The summed E-state index contributed by atoms with van der Waals surface area (Å²) in [7, 11) is 4.51. The molecule has 2 rings (SSSR count). The molecule has 0 spiro atoms. The lowest BCUT2D eigenvalue weighted by atomic mass is 9.98. The second-order valence-corrected chi connectivity index (χ2v) is 6.91. The lowest BCUT2D eigenvalue weighted by molar-refractivity contribution is -0.135. The molecule has 8 nitrogen and oxygen atoms in total. The van der Waals surface area contributed by atoms with Crippen molar-refractivity contribution < 1.29 is 23.8 Å². The molecule has 2 unspecified atom stereocenters. The zero-order valence-corrected chi connectivity index (χ0v) is 17.4. The van der Waals surface area contributed by atoms with Gasteiger partial charge in [-0.05, 0) is 18.1 Å². The van der Waals surface area contributed by atoms with Crippen molar-refractivity contribution in [2.45, 2.75) is 26.3 Å². The molecule has 1 heterocycles. The molecule has 2 amide bonds. The summed E-state index contributed by atoms with van der Waals surface area (Å²) in [6.45, 7) is 5.80. The number of amides is 2. The van der Waals surface area contributed by atoms with Gasteiger partial charge in [-0.1, -0.05) is 20.3 Å². The number of hydrogen-bond donors (Lipinski definition) is 1. The second-order valence-electron chi connectivity index (χ2n) is 6.91. The van der Waals surface area contributed by atoms with Crippen LogP contribution in [0.1, 0.15) is 30.6 Å². The van der Waals surface area contributed by atoms with Crippen LogP contribution in [-0.2, 0) is 4.79 Å². The van der Waals surface area contributed by atoms with Crippen LogP contribution < -0.4 is 19.9 Å². The Morgan fingerprint density at radius 3 is 2.07 bits per heavy atom. The van der Waals surface area contributed by atoms with E-state index in [1.165, 1.54) is 21.3 Å². The van der Waals surface area contributed by atoms with Crippen molar-refractivity contribution in [1.29, 1.82) is 0 Å². The minimum absolute atomic E-state index is 0.0508. The predicted octanol–water partition coefficient (Wildman–Crippen LogP) is 1.37. The third-order valence-electron chi connectivity index (χ3n) is 5.36. The fraction of sp³-hybridized carbons (Fsp3) is 0.600. The van der Waals surface area contributed by atoms with Gasteiger partial charge in [0.1, 0.15) is 0 Å². The van der Waals surface area contributed by atoms with E-state index in [9.17, 15) is 9.59 Å². The first-order chi connectivity index (χ1) is 13.4. The van der Waals surface area contributed by atoms with Gasteiger partial charge >= 0.3 is 0 Å². The highest BCUT2D eigenvalue weighted by atomic mass is 16.5. The Morgan fingerprint density at radius 1 is 1.00 bits per heavy atom. The summed E-state index contributed by atoms with van der Waals surface area (Å²) in [4.78, 5) is 29.0. The number of methoxy groups -OCH3 is 3. The maximum absolute atomic E-state index is 13.0. The van der Waals surface area contributed by atoms with Crippen molar-refractivity contribution in [2.75, 3.05) is 47.5 Å². The van der Waals surface area contributed by atoms with Gasteiger partial charge in [0.15, 0.2) is 11.5 Å². The Morgan fingerprint density at radius 2 is 1.57 bits per heavy atom. The number of nitrogens with two attached hydrogens (primary N) is 1. The third kappa shape index (κ3) is 4.32. The van der Waals surface area contributed by atoms with Gasteiger partial charge in [-0.2, -0.15) is 0 Å². The maximum atomic E-state index is 13.0. The van der Waals surface area contributed by atoms with Crippen molar-refractivity contribution in [3.8, 4) is 17.2 Å². The smallest absolute Gasteiger partial charge is 0.257 e. The van der Waals surface area contributed by atoms with Crippen molar-refractivity contribution in [1.82, 2.24) is 9.80 Å². The van der Waals surface area contributed by atoms with Crippen LogP contribution in [0.15, 0.2) is 12.1 Å². The number of benzene rings is 1. The average molecular weight is 393 g/mol. The number of hydrogen-bond acceptors (Lipinski definition) is 6. The average Bonchev–Trinajstić information content (AvgIpc) is 2.75. The molecule has 0 aromatic heterocycles. The van der Waals surface area contributed by atoms with Crippen LogP contribution in [0, 0.1) is 5.92 Å². The van der Waals surface area contributed by atoms with E-state index in [0.29, 0.717) is 49.0 Å². The van der Waals surface area contributed by atoms with E-state index < -0.39 is 6.04 Å². The van der Waals surface area contributed by atoms with Crippen molar-refractivity contribution in [2.24, 2.45) is 11.7 Å². The van der Waals surface area contributed by atoms with Gasteiger partial charge < -0.3 is 29.7 Å². The minimum Gasteiger partial charge on any atom is -0.493 e. The summed E-state index contributed by atoms with van der Waals surface area (Å²) in [6, 6.07) is 2.84. The van der Waals surface area contributed by atoms with Crippen LogP contribution in [0.25, 0.3) is 0 Å². The molecule has 0 saturated carbocycles. The number of rotatable bonds is 7. The molecule has 156 valence electrons. The largest absolute Gasteiger partial charge is 0.493 e. The van der Waals surface area contributed by atoms with E-state index in [4.69, 9.17) is 19.9 Å². The molecule has 1 aliphatic rings. The highest BCUT2D eigenvalue weighted by molar-refractivity contribution is 5.98. The molecule has 1 aromatic carbocycles. The highest BCUT2D eigenvalue weighted by Gasteiger charge is 2.31. The monoisotopic (exact) mass is 393 g/mol. The molecule has 0 aliphatic carbocycles. The number of carbonyl (C=O) groups excluding carboxylic acids is 2. The van der Waals surface area contributed by atoms with E-state index in [0.717, 1.165) is 6.42 Å². The zero-order valence-electron chi connectivity index (χ0n) is 17.4. The van der Waals surface area contributed by atoms with E-state index in [2.05, 4.69) is 0 Å². The SMILES string of the molecule is CCC(C)C(N)C(=O)N1CCN(C(=O)c2ccc(OC)c(OC)c2OC)CC1. The normalized spacial score (nSPS) is 16.4. The Hall–Kier alpha value is -2.48. The van der Waals surface area contributed by atoms with Gasteiger partial charge in [0, 0.05) is 26.2 Å². The molecular formula is C20H31N3O5. The Kier molecular flexibility index (Phi) is 7.51. The van der Waals surface area contributed by atoms with E-state index in [1.54, 1.807) is 21.9 Å². The predicted molar refractivity (Wildman–Crippen MR) is 106 cm³/mol. The van der Waals surface area contributed by atoms with E-state index in [1.807, 2.05) is 13.8 Å². The third-order valence-corrected chi connectivity index (χ3v) is 5.36. The van der Waals surface area contributed by atoms with Crippen LogP contribution in [0.3, 0.4) is 0 Å². The van der Waals surface area contributed by atoms with Crippen LogP contribution in [0.2, 0.25) is 0 Å². The van der Waals surface area contributed by atoms with E-state index in [-0.39, 0.29) is 17.7 Å². The fourth-order valence-electron chi connectivity index (χ4n) is 3.28. The molecule has 0 radical (unpaired) electrons. The molecule has 0 bridgehead atoms. The number of carbonyl (C=O) groups is 2. The topological polar surface area (TPSA) is 94.3 Å². The number of piperazine rings is 1. The molecule has 1 fully saturated rings. The van der Waals surface area contributed by atoms with Gasteiger partial charge in [0.25, 0.3) is 5.91 Å². The van der Waals surface area contributed by atoms with Gasteiger partial charge in [-0.3, -0.25) is 9.59 Å². The van der Waals surface area contributed by atoms with Crippen LogP contribution in [0.5, 0.6) is 17.2 Å². The standard InChI is InChI=1S/C20H31N3O5/c1-6-13(2)16(21)20(25)23-11-9-22(10-12-23)19(24)14-7-8-15(26-3)18(28-5)17(14)27-4/h7-8,13,16H,6,9-12,21H2,1-5H3. The van der Waals surface area contributed by atoms with Gasteiger partial charge in [-0.25, -0.2) is 0 Å². The summed E-state index contributed by atoms with van der Waals surface area (Å²) in [5, 5.41) is 0. The molecule has 1 saturated heterocycles. The van der Waals surface area contributed by atoms with Crippen molar-refractivity contribution in [3.05, 3.63) is 17.7 Å². The first-order valence-electron chi connectivity index (χ1n) is 9.52. The molecular weight excluding hydrogens is 362 g/mol. The summed E-state index contributed by atoms with van der Waals surface area (Å²) >= 11 is 0. The van der Waals surface area contributed by atoms with Crippen molar-refractivity contribution in [3.63, 3.8) is 0 Å². The lowest BCUT2D eigenvalue weighted by Crippen LogP contribution is -2.55. The summed E-state index contributed by atoms with van der Waals surface area (Å²) in [5.74, 6) is 1.11. The second kappa shape index (κ2) is 9.64. The first kappa shape index (κ1) is 21.8. The van der Waals surface area contributed by atoms with E-state index >= 15 is 0 Å². The molecule has 2 N–H and O–H groups in total. The molecule has 28 heavy (non-hydrogen) atoms. The van der Waals surface area contributed by atoms with Crippen LogP contribution in [0.4, 0.5) is 0 Å². The van der Waals surface area contributed by atoms with Gasteiger partial charge in [-0.15, -0.1) is 0 Å². The first-order valence-corrected chi connectivity index (χ1v) is 9.52. The quantitative estimate of drug-likeness (QED) is 0.752. The highest BCUT2D eigenvalue weighted by Crippen LogP contribution is 2.40. The summed E-state index contributed by atoms with van der Waals surface area (Å²) < 4.78 is 16.0. The van der Waals surface area contributed by atoms with Crippen molar-refractivity contribution >= 4 is 11.8 Å². The lowest BCUT2D eigenvalue weighted by Gasteiger charge is -2.37. The molecule has 2 atom stereocenters. The number of nitrogens with zero attached hydrogens (tertiary/aromatic N) is 2. The minimum atomic E-state index is -0.502. The van der Waals surface area contributed by atoms with Gasteiger partial charge in [0.05, 0.1) is 32.9 Å². The van der Waals surface area contributed by atoms with Crippen LogP contribution >= 0.6 is 0 Å². The molecule has 8 heteroatoms. The van der Waals surface area contributed by atoms with Crippen LogP contribution in [-0.4, -0.2) is 75.2 Å². The summed E-state index contributed by atoms with van der Waals surface area (Å²) in [5.41, 5.74) is 6.47. The molecule has 1 aliphatic heterocycles. The maximum Gasteiger partial charge on any atom is 0.257 e.